The Hall–Kier alpha value is -0.850. The number of ether oxygens (including phenoxy) is 1. The van der Waals surface area contributed by atoms with Crippen LogP contribution in [0.15, 0.2) is 18.2 Å². The summed E-state index contributed by atoms with van der Waals surface area (Å²) < 4.78 is 4.99. The summed E-state index contributed by atoms with van der Waals surface area (Å²) in [6, 6.07) is 5.09. The number of anilines is 1. The Morgan fingerprint density at radius 2 is 1.95 bits per heavy atom. The smallest absolute Gasteiger partial charge is 0.238 e. The molecule has 0 fully saturated rings. The molecule has 0 radical (unpaired) electrons. The lowest BCUT2D eigenvalue weighted by Crippen LogP contribution is -2.35. The fourth-order valence-electron chi connectivity index (χ4n) is 1.63. The normalized spacial score (nSPS) is 10.9. The molecule has 0 aliphatic rings. The number of hydrogen-bond acceptors (Lipinski definition) is 4. The van der Waals surface area contributed by atoms with E-state index in [0.717, 1.165) is 13.1 Å². The Morgan fingerprint density at radius 3 is 2.57 bits per heavy atom. The average molecular weight is 334 g/mol. The van der Waals surface area contributed by atoms with Gasteiger partial charge in [0.15, 0.2) is 0 Å². The Balaban J connectivity index is 2.26. The van der Waals surface area contributed by atoms with Crippen LogP contribution < -0.4 is 10.6 Å². The van der Waals surface area contributed by atoms with Crippen molar-refractivity contribution in [1.82, 2.24) is 10.2 Å². The molecule has 0 bridgehead atoms. The van der Waals surface area contributed by atoms with Gasteiger partial charge in [0.25, 0.3) is 0 Å². The van der Waals surface area contributed by atoms with E-state index in [1.807, 2.05) is 7.05 Å². The summed E-state index contributed by atoms with van der Waals surface area (Å²) in [4.78, 5) is 13.9. The number of benzene rings is 1. The minimum absolute atomic E-state index is 0.176. The van der Waals surface area contributed by atoms with Crippen LogP contribution in [0.25, 0.3) is 0 Å². The fraction of sp³-hybridized carbons (Fsp3) is 0.500. The predicted octanol–water partition coefficient (Wildman–Crippen LogP) is 2.10. The van der Waals surface area contributed by atoms with Crippen molar-refractivity contribution in [1.29, 1.82) is 0 Å². The molecule has 0 saturated heterocycles. The number of nitrogens with one attached hydrogen (secondary N) is 2. The first-order valence-corrected chi connectivity index (χ1v) is 7.42. The zero-order valence-corrected chi connectivity index (χ0v) is 13.8. The van der Waals surface area contributed by atoms with Crippen LogP contribution in [0, 0.1) is 0 Å². The van der Waals surface area contributed by atoms with Crippen molar-refractivity contribution in [3.8, 4) is 0 Å². The van der Waals surface area contributed by atoms with E-state index in [-0.39, 0.29) is 12.5 Å². The lowest BCUT2D eigenvalue weighted by atomic mass is 10.3. The van der Waals surface area contributed by atoms with Crippen LogP contribution in [0.4, 0.5) is 5.69 Å². The quantitative estimate of drug-likeness (QED) is 0.679. The van der Waals surface area contributed by atoms with Crippen LogP contribution in [0.5, 0.6) is 0 Å². The molecule has 1 amide bonds. The summed E-state index contributed by atoms with van der Waals surface area (Å²) in [7, 11) is 3.68. The fourth-order valence-corrected chi connectivity index (χ4v) is 2.12. The third-order valence-corrected chi connectivity index (χ3v) is 3.49. The average Bonchev–Trinajstić information content (AvgIpc) is 2.45. The highest BCUT2D eigenvalue weighted by Crippen LogP contribution is 2.29. The second-order valence-electron chi connectivity index (χ2n) is 4.62. The van der Waals surface area contributed by atoms with Crippen molar-refractivity contribution < 1.29 is 9.53 Å². The van der Waals surface area contributed by atoms with Gasteiger partial charge in [-0.2, -0.15) is 0 Å². The first-order valence-electron chi connectivity index (χ1n) is 6.66. The van der Waals surface area contributed by atoms with Crippen LogP contribution in [0.2, 0.25) is 10.0 Å². The molecule has 0 heterocycles. The molecular formula is C14H21Cl2N3O2. The molecule has 0 spiro atoms. The minimum Gasteiger partial charge on any atom is -0.383 e. The topological polar surface area (TPSA) is 53.6 Å². The number of rotatable bonds is 9. The zero-order chi connectivity index (χ0) is 15.7. The van der Waals surface area contributed by atoms with Crippen molar-refractivity contribution >= 4 is 34.8 Å². The molecule has 7 heteroatoms. The van der Waals surface area contributed by atoms with Crippen LogP contribution in [-0.2, 0) is 9.53 Å². The molecule has 118 valence electrons. The van der Waals surface area contributed by atoms with Crippen molar-refractivity contribution in [2.75, 3.05) is 52.3 Å². The molecule has 1 rings (SSSR count). The Bertz CT molecular complexity index is 438. The van der Waals surface area contributed by atoms with Gasteiger partial charge < -0.3 is 20.3 Å². The maximum Gasteiger partial charge on any atom is 0.238 e. The van der Waals surface area contributed by atoms with Gasteiger partial charge in [-0.1, -0.05) is 29.3 Å². The van der Waals surface area contributed by atoms with E-state index in [0.29, 0.717) is 28.9 Å². The maximum atomic E-state index is 11.8. The second-order valence-corrected chi connectivity index (χ2v) is 5.43. The van der Waals surface area contributed by atoms with Crippen LogP contribution in [-0.4, -0.2) is 57.8 Å². The highest BCUT2D eigenvalue weighted by molar-refractivity contribution is 6.39. The van der Waals surface area contributed by atoms with Gasteiger partial charge in [0.1, 0.15) is 0 Å². The van der Waals surface area contributed by atoms with Crippen molar-refractivity contribution in [2.45, 2.75) is 0 Å². The standard InChI is InChI=1S/C14H21Cl2N3O2/c1-19(8-9-21-2)7-6-17-10-13(20)18-14-11(15)4-3-5-12(14)16/h3-5,17H,6-10H2,1-2H3,(H,18,20). The van der Waals surface area contributed by atoms with Gasteiger partial charge in [-0.3, -0.25) is 4.79 Å². The van der Waals surface area contributed by atoms with Crippen LogP contribution >= 0.6 is 23.2 Å². The summed E-state index contributed by atoms with van der Waals surface area (Å²) in [6.45, 7) is 3.31. The summed E-state index contributed by atoms with van der Waals surface area (Å²) in [5.41, 5.74) is 0.449. The monoisotopic (exact) mass is 333 g/mol. The summed E-state index contributed by atoms with van der Waals surface area (Å²) >= 11 is 12.0. The van der Waals surface area contributed by atoms with Gasteiger partial charge in [-0.25, -0.2) is 0 Å². The molecule has 0 aliphatic heterocycles. The first kappa shape index (κ1) is 18.2. The molecule has 1 aromatic carbocycles. The van der Waals surface area contributed by atoms with Crippen LogP contribution in [0.3, 0.4) is 0 Å². The van der Waals surface area contributed by atoms with Crippen molar-refractivity contribution in [3.63, 3.8) is 0 Å². The molecule has 0 aromatic heterocycles. The van der Waals surface area contributed by atoms with Gasteiger partial charge in [0, 0.05) is 26.7 Å². The van der Waals surface area contributed by atoms with Gasteiger partial charge in [0.2, 0.25) is 5.91 Å². The predicted molar refractivity (Wildman–Crippen MR) is 87.3 cm³/mol. The summed E-state index contributed by atoms with van der Waals surface area (Å²) in [5.74, 6) is -0.176. The number of hydrogen-bond donors (Lipinski definition) is 2. The number of carbonyl (C=O) groups excluding carboxylic acids is 1. The van der Waals surface area contributed by atoms with E-state index in [4.69, 9.17) is 27.9 Å². The lowest BCUT2D eigenvalue weighted by Gasteiger charge is -2.16. The van der Waals surface area contributed by atoms with Crippen molar-refractivity contribution in [3.05, 3.63) is 28.2 Å². The van der Waals surface area contributed by atoms with Gasteiger partial charge in [-0.15, -0.1) is 0 Å². The van der Waals surface area contributed by atoms with Gasteiger partial charge >= 0.3 is 0 Å². The highest BCUT2D eigenvalue weighted by Gasteiger charge is 2.09. The van der Waals surface area contributed by atoms with E-state index >= 15 is 0 Å². The molecular weight excluding hydrogens is 313 g/mol. The minimum atomic E-state index is -0.176. The Labute approximate surface area is 135 Å². The second kappa shape index (κ2) is 9.97. The molecule has 0 aliphatic carbocycles. The molecule has 21 heavy (non-hydrogen) atoms. The Kier molecular flexibility index (Phi) is 8.64. The first-order chi connectivity index (χ1) is 10.0. The third-order valence-electron chi connectivity index (χ3n) is 2.86. The van der Waals surface area contributed by atoms with Crippen molar-refractivity contribution in [2.24, 2.45) is 0 Å². The number of methoxy groups -OCH3 is 1. The van der Waals surface area contributed by atoms with E-state index in [2.05, 4.69) is 15.5 Å². The third kappa shape index (κ3) is 7.11. The number of para-hydroxylation sites is 1. The summed E-state index contributed by atoms with van der Waals surface area (Å²) in [5, 5.41) is 6.63. The highest BCUT2D eigenvalue weighted by atomic mass is 35.5. The number of likely N-dealkylation sites (N-methyl/N-ethyl adjacent to an activating group) is 1. The number of carbonyl (C=O) groups is 1. The van der Waals surface area contributed by atoms with E-state index in [1.54, 1.807) is 25.3 Å². The van der Waals surface area contributed by atoms with Gasteiger partial charge in [-0.05, 0) is 19.2 Å². The molecule has 1 aromatic rings. The summed E-state index contributed by atoms with van der Waals surface area (Å²) in [6.07, 6.45) is 0. The number of amides is 1. The van der Waals surface area contributed by atoms with E-state index in [9.17, 15) is 4.79 Å². The number of nitrogens with zero attached hydrogens (tertiary/aromatic N) is 1. The molecule has 0 saturated carbocycles. The Morgan fingerprint density at radius 1 is 1.29 bits per heavy atom. The SMILES string of the molecule is COCCN(C)CCNCC(=O)Nc1c(Cl)cccc1Cl. The van der Waals surface area contributed by atoms with Gasteiger partial charge in [0.05, 0.1) is 28.9 Å². The maximum absolute atomic E-state index is 11.8. The zero-order valence-electron chi connectivity index (χ0n) is 12.3. The lowest BCUT2D eigenvalue weighted by molar-refractivity contribution is -0.115. The molecule has 0 atom stereocenters. The molecule has 2 N–H and O–H groups in total. The van der Waals surface area contributed by atoms with Crippen LogP contribution in [0.1, 0.15) is 0 Å². The van der Waals surface area contributed by atoms with E-state index in [1.165, 1.54) is 0 Å². The molecule has 0 unspecified atom stereocenters. The largest absolute Gasteiger partial charge is 0.383 e. The molecule has 5 nitrogen and oxygen atoms in total. The van der Waals surface area contributed by atoms with E-state index < -0.39 is 0 Å². The number of halogens is 2.